The molecular formula is C24H27N5O2S. The molecule has 4 rings (SSSR count). The Labute approximate surface area is 193 Å². The molecule has 1 aliphatic rings. The van der Waals surface area contributed by atoms with E-state index in [2.05, 4.69) is 51.2 Å². The SMILES string of the molecule is COCC(=O)Nc1ccc(N2C(=S)N[C@H](c3ccccn3)[C@H]2c2ccc(C)n2C)cc1C. The van der Waals surface area contributed by atoms with Gasteiger partial charge in [0, 0.05) is 43.1 Å². The first-order valence-corrected chi connectivity index (χ1v) is 10.8. The minimum absolute atomic E-state index is 0.0159. The molecule has 0 aliphatic carbocycles. The van der Waals surface area contributed by atoms with Gasteiger partial charge in [0.1, 0.15) is 12.6 Å². The van der Waals surface area contributed by atoms with E-state index >= 15 is 0 Å². The monoisotopic (exact) mass is 449 g/mol. The van der Waals surface area contributed by atoms with E-state index in [0.29, 0.717) is 5.11 Å². The molecule has 1 amide bonds. The van der Waals surface area contributed by atoms with Crippen LogP contribution in [-0.4, -0.2) is 34.3 Å². The summed E-state index contributed by atoms with van der Waals surface area (Å²) in [5.74, 6) is -0.186. The molecule has 1 fully saturated rings. The largest absolute Gasteiger partial charge is 0.375 e. The van der Waals surface area contributed by atoms with Crippen LogP contribution < -0.4 is 15.5 Å². The van der Waals surface area contributed by atoms with Gasteiger partial charge in [-0.1, -0.05) is 6.07 Å². The van der Waals surface area contributed by atoms with Gasteiger partial charge in [-0.15, -0.1) is 0 Å². The molecule has 2 atom stereocenters. The van der Waals surface area contributed by atoms with Crippen molar-refractivity contribution in [2.24, 2.45) is 7.05 Å². The van der Waals surface area contributed by atoms with Gasteiger partial charge < -0.3 is 24.8 Å². The maximum Gasteiger partial charge on any atom is 0.250 e. The van der Waals surface area contributed by atoms with Crippen LogP contribution in [-0.2, 0) is 16.6 Å². The summed E-state index contributed by atoms with van der Waals surface area (Å²) in [6.07, 6.45) is 1.80. The van der Waals surface area contributed by atoms with E-state index in [-0.39, 0.29) is 24.6 Å². The topological polar surface area (TPSA) is 71.4 Å². The van der Waals surface area contributed by atoms with Crippen LogP contribution in [0.1, 0.15) is 34.7 Å². The molecule has 166 valence electrons. The average Bonchev–Trinajstić information content (AvgIpc) is 3.29. The quantitative estimate of drug-likeness (QED) is 0.558. The van der Waals surface area contributed by atoms with Crippen LogP contribution in [0.3, 0.4) is 0 Å². The molecule has 1 saturated heterocycles. The molecule has 1 aromatic carbocycles. The molecule has 8 heteroatoms. The Morgan fingerprint density at radius 3 is 2.66 bits per heavy atom. The summed E-state index contributed by atoms with van der Waals surface area (Å²) >= 11 is 5.80. The standard InChI is InChI=1S/C24H27N5O2S/c1-15-13-17(9-10-18(15)26-21(30)14-31-4)29-23(20-11-8-16(2)28(20)3)22(27-24(29)32)19-7-5-6-12-25-19/h5-13,22-23H,14H2,1-4H3,(H,26,30)(H,27,32)/t22-,23-/m1/s1. The normalized spacial score (nSPS) is 18.0. The van der Waals surface area contributed by atoms with Crippen molar-refractivity contribution in [1.29, 1.82) is 0 Å². The molecule has 2 N–H and O–H groups in total. The molecular weight excluding hydrogens is 422 g/mol. The van der Waals surface area contributed by atoms with Crippen molar-refractivity contribution in [3.63, 3.8) is 0 Å². The number of hydrogen-bond donors (Lipinski definition) is 2. The summed E-state index contributed by atoms with van der Waals surface area (Å²) in [5, 5.41) is 7.01. The molecule has 0 bridgehead atoms. The zero-order chi connectivity index (χ0) is 22.8. The third kappa shape index (κ3) is 4.11. The molecule has 1 aliphatic heterocycles. The fraction of sp³-hybridized carbons (Fsp3) is 0.292. The van der Waals surface area contributed by atoms with Crippen LogP contribution >= 0.6 is 12.2 Å². The number of benzene rings is 1. The lowest BCUT2D eigenvalue weighted by Gasteiger charge is -2.29. The predicted molar refractivity (Wildman–Crippen MR) is 130 cm³/mol. The number of rotatable bonds is 6. The summed E-state index contributed by atoms with van der Waals surface area (Å²) in [5.41, 5.74) is 5.89. The second-order valence-corrected chi connectivity index (χ2v) is 8.32. The number of carbonyl (C=O) groups excluding carboxylic acids is 1. The van der Waals surface area contributed by atoms with E-state index in [4.69, 9.17) is 17.0 Å². The summed E-state index contributed by atoms with van der Waals surface area (Å²) in [6.45, 7) is 4.07. The number of methoxy groups -OCH3 is 1. The minimum Gasteiger partial charge on any atom is -0.375 e. The van der Waals surface area contributed by atoms with Crippen molar-refractivity contribution in [1.82, 2.24) is 14.9 Å². The van der Waals surface area contributed by atoms with E-state index < -0.39 is 0 Å². The van der Waals surface area contributed by atoms with Crippen molar-refractivity contribution in [3.8, 4) is 0 Å². The van der Waals surface area contributed by atoms with Crippen LogP contribution in [0.4, 0.5) is 11.4 Å². The van der Waals surface area contributed by atoms with Crippen LogP contribution in [0.2, 0.25) is 0 Å². The summed E-state index contributed by atoms with van der Waals surface area (Å²) in [6, 6.07) is 15.9. The van der Waals surface area contributed by atoms with Gasteiger partial charge in [0.2, 0.25) is 5.91 Å². The van der Waals surface area contributed by atoms with E-state index in [1.807, 2.05) is 43.3 Å². The second kappa shape index (κ2) is 9.10. The van der Waals surface area contributed by atoms with E-state index in [1.165, 1.54) is 12.8 Å². The first-order chi connectivity index (χ1) is 15.4. The van der Waals surface area contributed by atoms with Gasteiger partial charge in [0.05, 0.1) is 11.7 Å². The second-order valence-electron chi connectivity index (χ2n) is 7.94. The fourth-order valence-electron chi connectivity index (χ4n) is 4.12. The number of hydrogen-bond acceptors (Lipinski definition) is 4. The van der Waals surface area contributed by atoms with Crippen LogP contribution in [0, 0.1) is 13.8 Å². The molecule has 32 heavy (non-hydrogen) atoms. The summed E-state index contributed by atoms with van der Waals surface area (Å²) < 4.78 is 7.10. The van der Waals surface area contributed by atoms with Gasteiger partial charge in [0.25, 0.3) is 0 Å². The van der Waals surface area contributed by atoms with E-state index in [9.17, 15) is 4.79 Å². The van der Waals surface area contributed by atoms with Crippen molar-refractivity contribution in [3.05, 3.63) is 77.4 Å². The van der Waals surface area contributed by atoms with E-state index in [1.54, 1.807) is 6.20 Å². The molecule has 0 spiro atoms. The lowest BCUT2D eigenvalue weighted by molar-refractivity contribution is -0.119. The smallest absolute Gasteiger partial charge is 0.250 e. The van der Waals surface area contributed by atoms with Gasteiger partial charge in [-0.2, -0.15) is 0 Å². The highest BCUT2D eigenvalue weighted by atomic mass is 32.1. The number of nitrogens with one attached hydrogen (secondary N) is 2. The molecule has 0 unspecified atom stereocenters. The van der Waals surface area contributed by atoms with E-state index in [0.717, 1.165) is 28.3 Å². The minimum atomic E-state index is -0.186. The van der Waals surface area contributed by atoms with Gasteiger partial charge >= 0.3 is 0 Å². The zero-order valence-electron chi connectivity index (χ0n) is 18.6. The highest BCUT2D eigenvalue weighted by Crippen LogP contribution is 2.42. The Hall–Kier alpha value is -3.23. The predicted octanol–water partition coefficient (Wildman–Crippen LogP) is 3.80. The first-order valence-electron chi connectivity index (χ1n) is 10.4. The average molecular weight is 450 g/mol. The Morgan fingerprint density at radius 1 is 1.22 bits per heavy atom. The maximum absolute atomic E-state index is 11.9. The highest BCUT2D eigenvalue weighted by Gasteiger charge is 2.42. The molecule has 3 aromatic rings. The van der Waals surface area contributed by atoms with Gasteiger partial charge in [-0.3, -0.25) is 9.78 Å². The fourth-order valence-corrected chi connectivity index (χ4v) is 4.46. The molecule has 0 radical (unpaired) electrons. The van der Waals surface area contributed by atoms with Crippen LogP contribution in [0.25, 0.3) is 0 Å². The maximum atomic E-state index is 11.9. The van der Waals surface area contributed by atoms with Crippen molar-refractivity contribution >= 4 is 34.6 Å². The van der Waals surface area contributed by atoms with Crippen molar-refractivity contribution < 1.29 is 9.53 Å². The highest BCUT2D eigenvalue weighted by molar-refractivity contribution is 7.80. The number of pyridine rings is 1. The van der Waals surface area contributed by atoms with Crippen molar-refractivity contribution in [2.45, 2.75) is 25.9 Å². The first kappa shape index (κ1) is 22.0. The lowest BCUT2D eigenvalue weighted by atomic mass is 10.0. The molecule has 0 saturated carbocycles. The van der Waals surface area contributed by atoms with Gasteiger partial charge in [-0.25, -0.2) is 0 Å². The molecule has 2 aromatic heterocycles. The number of anilines is 2. The number of aromatic nitrogens is 2. The molecule has 3 heterocycles. The van der Waals surface area contributed by atoms with Crippen LogP contribution in [0.15, 0.2) is 54.7 Å². The number of carbonyl (C=O) groups is 1. The number of amides is 1. The zero-order valence-corrected chi connectivity index (χ0v) is 19.4. The summed E-state index contributed by atoms with van der Waals surface area (Å²) in [4.78, 5) is 18.7. The third-order valence-electron chi connectivity index (χ3n) is 5.85. The number of aryl methyl sites for hydroxylation is 2. The van der Waals surface area contributed by atoms with Crippen molar-refractivity contribution in [2.75, 3.05) is 23.9 Å². The van der Waals surface area contributed by atoms with Gasteiger partial charge in [-0.05, 0) is 74.1 Å². The number of ether oxygens (including phenoxy) is 1. The van der Waals surface area contributed by atoms with Crippen LogP contribution in [0.5, 0.6) is 0 Å². The number of thiocarbonyl (C=S) groups is 1. The lowest BCUT2D eigenvalue weighted by Crippen LogP contribution is -2.30. The third-order valence-corrected chi connectivity index (χ3v) is 6.17. The number of nitrogens with zero attached hydrogens (tertiary/aromatic N) is 3. The Bertz CT molecular complexity index is 1140. The Kier molecular flexibility index (Phi) is 6.25. The Morgan fingerprint density at radius 2 is 2.03 bits per heavy atom. The van der Waals surface area contributed by atoms with Gasteiger partial charge in [0.15, 0.2) is 5.11 Å². The Balaban J connectivity index is 1.74. The summed E-state index contributed by atoms with van der Waals surface area (Å²) in [7, 11) is 3.57. The molecule has 7 nitrogen and oxygen atoms in total.